The quantitative estimate of drug-likeness (QED) is 0.606. The largest absolute Gasteiger partial charge is 0.481 e. The van der Waals surface area contributed by atoms with Gasteiger partial charge in [-0.2, -0.15) is 0 Å². The molecule has 0 bridgehead atoms. The molecule has 1 aromatic rings. The van der Waals surface area contributed by atoms with Crippen LogP contribution in [-0.4, -0.2) is 20.4 Å². The second kappa shape index (κ2) is 2.83. The number of hydrogen-bond acceptors (Lipinski definition) is 3. The average Bonchev–Trinajstić information content (AvgIpc) is 2.57. The molecule has 1 aromatic heterocycles. The molecule has 1 aliphatic rings. The van der Waals surface area contributed by atoms with Gasteiger partial charge in [0.05, 0.1) is 19.0 Å². The zero-order chi connectivity index (χ0) is 10.3. The van der Waals surface area contributed by atoms with Crippen LogP contribution in [0.1, 0.15) is 0 Å². The number of aliphatic carboxylic acids is 1. The minimum Gasteiger partial charge on any atom is -0.481 e. The molecule has 0 fully saturated rings. The topological polar surface area (TPSA) is 81.3 Å². The first-order valence-corrected chi connectivity index (χ1v) is 4.13. The maximum Gasteiger partial charge on any atom is 0.310 e. The molecule has 0 radical (unpaired) electrons. The zero-order valence-corrected chi connectivity index (χ0v) is 7.21. The fraction of sp³-hybridized carbons (Fsp3) is 0.375. The van der Waals surface area contributed by atoms with E-state index in [0.717, 1.165) is 12.1 Å². The first-order chi connectivity index (χ1) is 6.59. The van der Waals surface area contributed by atoms with E-state index in [2.05, 4.69) is 0 Å². The van der Waals surface area contributed by atoms with Gasteiger partial charge in [-0.05, 0) is 0 Å². The Morgan fingerprint density at radius 3 is 2.00 bits per heavy atom. The van der Waals surface area contributed by atoms with Crippen molar-refractivity contribution in [2.75, 3.05) is 0 Å². The van der Waals surface area contributed by atoms with Crippen molar-refractivity contribution in [1.29, 1.82) is 0 Å². The van der Waals surface area contributed by atoms with Gasteiger partial charge in [0, 0.05) is 12.1 Å². The summed E-state index contributed by atoms with van der Waals surface area (Å²) in [5.41, 5.74) is -0.679. The maximum atomic E-state index is 11.2. The summed E-state index contributed by atoms with van der Waals surface area (Å²) in [6.45, 7) is 0.147. The number of carboxylic acid groups (broad SMARTS) is 1. The lowest BCUT2D eigenvalue weighted by Gasteiger charge is -2.01. The Bertz CT molecular complexity index is 460. The Morgan fingerprint density at radius 1 is 1.21 bits per heavy atom. The lowest BCUT2D eigenvalue weighted by atomic mass is 10.2. The second-order valence-electron chi connectivity index (χ2n) is 3.21. The molecule has 1 aliphatic heterocycles. The van der Waals surface area contributed by atoms with Crippen LogP contribution >= 0.6 is 0 Å². The number of aromatic nitrogens is 2. The van der Waals surface area contributed by atoms with Gasteiger partial charge in [-0.15, -0.1) is 0 Å². The lowest BCUT2D eigenvalue weighted by Crippen LogP contribution is -2.32. The molecule has 6 nitrogen and oxygen atoms in total. The standard InChI is InChI=1S/C8H8N2O4/c11-6-1-2-7(12)10-4-5(8(13)14)3-9(6)10/h1-2,5H,3-4H2,(H,13,14). The fourth-order valence-corrected chi connectivity index (χ4v) is 1.56. The number of nitrogens with zero attached hydrogens (tertiary/aromatic N) is 2. The molecule has 0 saturated carbocycles. The summed E-state index contributed by atoms with van der Waals surface area (Å²) in [6, 6.07) is 2.31. The zero-order valence-electron chi connectivity index (χ0n) is 7.21. The molecule has 0 unspecified atom stereocenters. The van der Waals surface area contributed by atoms with Crippen molar-refractivity contribution in [2.24, 2.45) is 5.92 Å². The van der Waals surface area contributed by atoms with Gasteiger partial charge >= 0.3 is 5.97 Å². The predicted octanol–water partition coefficient (Wildman–Crippen LogP) is -1.28. The van der Waals surface area contributed by atoms with Crippen LogP contribution in [0.25, 0.3) is 0 Å². The summed E-state index contributed by atoms with van der Waals surface area (Å²) in [6.07, 6.45) is 0. The molecule has 2 rings (SSSR count). The Hall–Kier alpha value is -1.85. The molecule has 6 heteroatoms. The lowest BCUT2D eigenvalue weighted by molar-refractivity contribution is -0.141. The third-order valence-electron chi connectivity index (χ3n) is 2.30. The number of hydrogen-bond donors (Lipinski definition) is 1. The van der Waals surface area contributed by atoms with Gasteiger partial charge in [0.1, 0.15) is 0 Å². The normalized spacial score (nSPS) is 15.4. The third kappa shape index (κ3) is 1.15. The highest BCUT2D eigenvalue weighted by Gasteiger charge is 2.27. The predicted molar refractivity (Wildman–Crippen MR) is 46.1 cm³/mol. The molecule has 74 valence electrons. The van der Waals surface area contributed by atoms with Crippen molar-refractivity contribution in [3.8, 4) is 0 Å². The van der Waals surface area contributed by atoms with Crippen LogP contribution in [0.4, 0.5) is 0 Å². The molecule has 0 aliphatic carbocycles. The van der Waals surface area contributed by atoms with Crippen LogP contribution < -0.4 is 11.1 Å². The highest BCUT2D eigenvalue weighted by Crippen LogP contribution is 2.09. The van der Waals surface area contributed by atoms with Crippen LogP contribution in [0, 0.1) is 5.92 Å². The van der Waals surface area contributed by atoms with Crippen LogP contribution in [0.5, 0.6) is 0 Å². The molecule has 14 heavy (non-hydrogen) atoms. The number of carboxylic acids is 1. The summed E-state index contributed by atoms with van der Waals surface area (Å²) >= 11 is 0. The summed E-state index contributed by atoms with van der Waals surface area (Å²) in [7, 11) is 0. The number of carbonyl (C=O) groups is 1. The molecular formula is C8H8N2O4. The van der Waals surface area contributed by atoms with Crippen molar-refractivity contribution in [3.05, 3.63) is 32.8 Å². The Labute approximate surface area is 78.0 Å². The van der Waals surface area contributed by atoms with E-state index in [9.17, 15) is 14.4 Å². The average molecular weight is 196 g/mol. The van der Waals surface area contributed by atoms with E-state index in [-0.39, 0.29) is 24.2 Å². The van der Waals surface area contributed by atoms with Gasteiger partial charge in [0.25, 0.3) is 11.1 Å². The number of rotatable bonds is 1. The highest BCUT2D eigenvalue weighted by atomic mass is 16.4. The Balaban J connectivity index is 2.54. The third-order valence-corrected chi connectivity index (χ3v) is 2.30. The van der Waals surface area contributed by atoms with E-state index in [4.69, 9.17) is 5.11 Å². The molecular weight excluding hydrogens is 188 g/mol. The van der Waals surface area contributed by atoms with E-state index in [0.29, 0.717) is 0 Å². The molecule has 0 atom stereocenters. The van der Waals surface area contributed by atoms with E-state index in [1.54, 1.807) is 0 Å². The summed E-state index contributed by atoms with van der Waals surface area (Å²) < 4.78 is 2.34. The monoisotopic (exact) mass is 196 g/mol. The first-order valence-electron chi connectivity index (χ1n) is 4.13. The second-order valence-corrected chi connectivity index (χ2v) is 3.21. The minimum atomic E-state index is -0.986. The highest BCUT2D eigenvalue weighted by molar-refractivity contribution is 5.70. The smallest absolute Gasteiger partial charge is 0.310 e. The number of fused-ring (bicyclic) bond motifs is 1. The van der Waals surface area contributed by atoms with Crippen LogP contribution in [0.15, 0.2) is 21.7 Å². The van der Waals surface area contributed by atoms with E-state index in [1.807, 2.05) is 0 Å². The fourth-order valence-electron chi connectivity index (χ4n) is 1.56. The van der Waals surface area contributed by atoms with E-state index < -0.39 is 11.9 Å². The molecule has 0 spiro atoms. The Kier molecular flexibility index (Phi) is 1.77. The molecule has 0 saturated heterocycles. The van der Waals surface area contributed by atoms with Gasteiger partial charge in [0.2, 0.25) is 0 Å². The van der Waals surface area contributed by atoms with E-state index in [1.165, 1.54) is 9.36 Å². The molecule has 0 amide bonds. The van der Waals surface area contributed by atoms with Gasteiger partial charge in [-0.1, -0.05) is 0 Å². The summed E-state index contributed by atoms with van der Waals surface area (Å²) in [5, 5.41) is 8.74. The first kappa shape index (κ1) is 8.74. The molecule has 1 N–H and O–H groups in total. The minimum absolute atomic E-state index is 0.0737. The van der Waals surface area contributed by atoms with Crippen LogP contribution in [0.3, 0.4) is 0 Å². The van der Waals surface area contributed by atoms with Crippen molar-refractivity contribution in [2.45, 2.75) is 13.1 Å². The van der Waals surface area contributed by atoms with Gasteiger partial charge in [0.15, 0.2) is 0 Å². The summed E-state index contributed by atoms with van der Waals surface area (Å²) in [4.78, 5) is 33.1. The van der Waals surface area contributed by atoms with Crippen molar-refractivity contribution < 1.29 is 9.90 Å². The van der Waals surface area contributed by atoms with Crippen molar-refractivity contribution in [1.82, 2.24) is 9.36 Å². The maximum absolute atomic E-state index is 11.2. The van der Waals surface area contributed by atoms with Gasteiger partial charge in [-0.25, -0.2) is 9.36 Å². The van der Waals surface area contributed by atoms with Gasteiger partial charge in [-0.3, -0.25) is 14.4 Å². The van der Waals surface area contributed by atoms with Gasteiger partial charge < -0.3 is 5.11 Å². The molecule has 0 aromatic carbocycles. The SMILES string of the molecule is O=C(O)C1Cn2c(=O)ccc(=O)n2C1. The van der Waals surface area contributed by atoms with Crippen molar-refractivity contribution in [3.63, 3.8) is 0 Å². The van der Waals surface area contributed by atoms with E-state index >= 15 is 0 Å². The molecule has 2 heterocycles. The van der Waals surface area contributed by atoms with Crippen LogP contribution in [-0.2, 0) is 17.9 Å². The van der Waals surface area contributed by atoms with Crippen molar-refractivity contribution >= 4 is 5.97 Å². The Morgan fingerprint density at radius 2 is 1.64 bits per heavy atom. The summed E-state index contributed by atoms with van der Waals surface area (Å²) in [5.74, 6) is -1.66. The van der Waals surface area contributed by atoms with Crippen LogP contribution in [0.2, 0.25) is 0 Å².